The molecule has 1 N–H and O–H groups in total. The highest BCUT2D eigenvalue weighted by Gasteiger charge is 2.17. The van der Waals surface area contributed by atoms with Crippen LogP contribution in [0.2, 0.25) is 0 Å². The van der Waals surface area contributed by atoms with Crippen molar-refractivity contribution in [2.45, 2.75) is 25.3 Å². The van der Waals surface area contributed by atoms with Gasteiger partial charge in [-0.2, -0.15) is 0 Å². The molecule has 1 heterocycles. The molecular formula is C10H14N2O. The van der Waals surface area contributed by atoms with Gasteiger partial charge in [0.15, 0.2) is 0 Å². The van der Waals surface area contributed by atoms with Crippen LogP contribution in [0, 0.1) is 0 Å². The maximum atomic E-state index is 5.11. The molecule has 0 spiro atoms. The molecule has 1 fully saturated rings. The molecule has 0 aliphatic heterocycles. The molecule has 1 aromatic rings. The summed E-state index contributed by atoms with van der Waals surface area (Å²) in [5.74, 6) is 1.78. The highest BCUT2D eigenvalue weighted by molar-refractivity contribution is 5.41. The van der Waals surface area contributed by atoms with Crippen LogP contribution in [-0.2, 0) is 0 Å². The van der Waals surface area contributed by atoms with Crippen molar-refractivity contribution in [2.24, 2.45) is 0 Å². The average molecular weight is 178 g/mol. The van der Waals surface area contributed by atoms with Crippen LogP contribution < -0.4 is 10.1 Å². The SMILES string of the molecule is COc1ccnc(NC2CCC2)c1. The van der Waals surface area contributed by atoms with Crippen molar-refractivity contribution in [3.63, 3.8) is 0 Å². The summed E-state index contributed by atoms with van der Waals surface area (Å²) < 4.78 is 5.11. The predicted octanol–water partition coefficient (Wildman–Crippen LogP) is 2.05. The Balaban J connectivity index is 2.01. The van der Waals surface area contributed by atoms with Crippen LogP contribution in [0.3, 0.4) is 0 Å². The number of nitrogens with zero attached hydrogens (tertiary/aromatic N) is 1. The van der Waals surface area contributed by atoms with Crippen molar-refractivity contribution < 1.29 is 4.74 Å². The molecular weight excluding hydrogens is 164 g/mol. The minimum absolute atomic E-state index is 0.625. The number of aromatic nitrogens is 1. The fourth-order valence-corrected chi connectivity index (χ4v) is 1.38. The number of methoxy groups -OCH3 is 1. The molecule has 0 saturated heterocycles. The van der Waals surface area contributed by atoms with E-state index < -0.39 is 0 Å². The Hall–Kier alpha value is -1.25. The van der Waals surface area contributed by atoms with Gasteiger partial charge in [0.1, 0.15) is 11.6 Å². The fraction of sp³-hybridized carbons (Fsp3) is 0.500. The number of anilines is 1. The fourth-order valence-electron chi connectivity index (χ4n) is 1.38. The summed E-state index contributed by atoms with van der Waals surface area (Å²) in [7, 11) is 1.67. The first-order valence-corrected chi connectivity index (χ1v) is 4.65. The highest BCUT2D eigenvalue weighted by atomic mass is 16.5. The second-order valence-electron chi connectivity index (χ2n) is 3.35. The Labute approximate surface area is 78.1 Å². The van der Waals surface area contributed by atoms with Crippen LogP contribution in [0.5, 0.6) is 5.75 Å². The maximum absolute atomic E-state index is 5.11. The van der Waals surface area contributed by atoms with Gasteiger partial charge < -0.3 is 10.1 Å². The normalized spacial score (nSPS) is 16.4. The van der Waals surface area contributed by atoms with Gasteiger partial charge >= 0.3 is 0 Å². The summed E-state index contributed by atoms with van der Waals surface area (Å²) in [6, 6.07) is 4.41. The van der Waals surface area contributed by atoms with Gasteiger partial charge in [-0.25, -0.2) is 4.98 Å². The first kappa shape index (κ1) is 8.35. The van der Waals surface area contributed by atoms with Crippen LogP contribution in [0.25, 0.3) is 0 Å². The summed E-state index contributed by atoms with van der Waals surface area (Å²) in [6.07, 6.45) is 5.62. The van der Waals surface area contributed by atoms with Crippen LogP contribution >= 0.6 is 0 Å². The number of pyridine rings is 1. The van der Waals surface area contributed by atoms with Crippen LogP contribution in [0.1, 0.15) is 19.3 Å². The number of hydrogen-bond acceptors (Lipinski definition) is 3. The van der Waals surface area contributed by atoms with Crippen LogP contribution in [-0.4, -0.2) is 18.1 Å². The molecule has 1 saturated carbocycles. The lowest BCUT2D eigenvalue weighted by Gasteiger charge is -2.26. The Kier molecular flexibility index (Phi) is 2.34. The van der Waals surface area contributed by atoms with E-state index in [1.165, 1.54) is 19.3 Å². The largest absolute Gasteiger partial charge is 0.497 e. The summed E-state index contributed by atoms with van der Waals surface area (Å²) in [5, 5.41) is 3.36. The first-order valence-electron chi connectivity index (χ1n) is 4.65. The van der Waals surface area contributed by atoms with Gasteiger partial charge in [0.05, 0.1) is 7.11 Å². The lowest BCUT2D eigenvalue weighted by Crippen LogP contribution is -2.27. The minimum atomic E-state index is 0.625. The molecule has 0 radical (unpaired) electrons. The summed E-state index contributed by atoms with van der Waals surface area (Å²) in [4.78, 5) is 4.22. The first-order chi connectivity index (χ1) is 6.38. The zero-order chi connectivity index (χ0) is 9.10. The molecule has 70 valence electrons. The molecule has 1 aliphatic rings. The zero-order valence-electron chi connectivity index (χ0n) is 7.79. The van der Waals surface area contributed by atoms with E-state index in [0.29, 0.717) is 6.04 Å². The van der Waals surface area contributed by atoms with Gasteiger partial charge in [0.25, 0.3) is 0 Å². The topological polar surface area (TPSA) is 34.1 Å². The molecule has 13 heavy (non-hydrogen) atoms. The van der Waals surface area contributed by atoms with E-state index in [0.717, 1.165) is 11.6 Å². The Bertz CT molecular complexity index is 284. The van der Waals surface area contributed by atoms with E-state index >= 15 is 0 Å². The molecule has 0 atom stereocenters. The van der Waals surface area contributed by atoms with Gasteiger partial charge in [-0.15, -0.1) is 0 Å². The number of nitrogens with one attached hydrogen (secondary N) is 1. The van der Waals surface area contributed by atoms with Crippen molar-refractivity contribution in [3.05, 3.63) is 18.3 Å². The molecule has 0 bridgehead atoms. The lowest BCUT2D eigenvalue weighted by molar-refractivity contribution is 0.413. The van der Waals surface area contributed by atoms with Crippen molar-refractivity contribution in [1.29, 1.82) is 0 Å². The van der Waals surface area contributed by atoms with Gasteiger partial charge in [0, 0.05) is 18.3 Å². The van der Waals surface area contributed by atoms with Crippen molar-refractivity contribution in [2.75, 3.05) is 12.4 Å². The van der Waals surface area contributed by atoms with Gasteiger partial charge in [-0.3, -0.25) is 0 Å². The lowest BCUT2D eigenvalue weighted by atomic mass is 9.93. The number of ether oxygens (including phenoxy) is 1. The molecule has 1 aliphatic carbocycles. The van der Waals surface area contributed by atoms with Gasteiger partial charge in [0.2, 0.25) is 0 Å². The average Bonchev–Trinajstić information content (AvgIpc) is 2.12. The second kappa shape index (κ2) is 3.64. The quantitative estimate of drug-likeness (QED) is 0.769. The van der Waals surface area contributed by atoms with E-state index in [1.807, 2.05) is 12.1 Å². The number of hydrogen-bond donors (Lipinski definition) is 1. The standard InChI is InChI=1S/C10H14N2O/c1-13-9-5-6-11-10(7-9)12-8-3-2-4-8/h5-8H,2-4H2,1H3,(H,11,12). The van der Waals surface area contributed by atoms with E-state index in [-0.39, 0.29) is 0 Å². The molecule has 0 aromatic carbocycles. The Morgan fingerprint density at radius 3 is 3.00 bits per heavy atom. The predicted molar refractivity (Wildman–Crippen MR) is 52.1 cm³/mol. The van der Waals surface area contributed by atoms with E-state index in [2.05, 4.69) is 10.3 Å². The van der Waals surface area contributed by atoms with E-state index in [9.17, 15) is 0 Å². The van der Waals surface area contributed by atoms with E-state index in [1.54, 1.807) is 13.3 Å². The third kappa shape index (κ3) is 1.91. The van der Waals surface area contributed by atoms with Gasteiger partial charge in [-0.1, -0.05) is 0 Å². The second-order valence-corrected chi connectivity index (χ2v) is 3.35. The van der Waals surface area contributed by atoms with E-state index in [4.69, 9.17) is 4.74 Å². The van der Waals surface area contributed by atoms with Crippen molar-refractivity contribution in [1.82, 2.24) is 4.98 Å². The molecule has 0 amide bonds. The minimum Gasteiger partial charge on any atom is -0.497 e. The smallest absolute Gasteiger partial charge is 0.129 e. The summed E-state index contributed by atoms with van der Waals surface area (Å²) >= 11 is 0. The Morgan fingerprint density at radius 2 is 2.38 bits per heavy atom. The number of rotatable bonds is 3. The molecule has 3 nitrogen and oxygen atoms in total. The molecule has 1 aromatic heterocycles. The highest BCUT2D eigenvalue weighted by Crippen LogP contribution is 2.23. The van der Waals surface area contributed by atoms with Crippen LogP contribution in [0.15, 0.2) is 18.3 Å². The van der Waals surface area contributed by atoms with Crippen molar-refractivity contribution >= 4 is 5.82 Å². The maximum Gasteiger partial charge on any atom is 0.129 e. The third-order valence-corrected chi connectivity index (χ3v) is 2.42. The zero-order valence-corrected chi connectivity index (χ0v) is 7.79. The summed E-state index contributed by atoms with van der Waals surface area (Å²) in [5.41, 5.74) is 0. The van der Waals surface area contributed by atoms with Gasteiger partial charge in [-0.05, 0) is 25.3 Å². The van der Waals surface area contributed by atoms with Crippen LogP contribution in [0.4, 0.5) is 5.82 Å². The summed E-state index contributed by atoms with van der Waals surface area (Å²) in [6.45, 7) is 0. The molecule has 3 heteroatoms. The molecule has 2 rings (SSSR count). The third-order valence-electron chi connectivity index (χ3n) is 2.42. The van der Waals surface area contributed by atoms with Crippen molar-refractivity contribution in [3.8, 4) is 5.75 Å². The Morgan fingerprint density at radius 1 is 1.54 bits per heavy atom. The monoisotopic (exact) mass is 178 g/mol. The molecule has 0 unspecified atom stereocenters.